The highest BCUT2D eigenvalue weighted by Gasteiger charge is 2.15. The molecule has 0 heterocycles. The standard InChI is InChI=1S/C13H7Cl2FO/c14-10-7-11(15)12(16)6-9(10)13(17)8-4-2-1-3-5-8/h1-7H. The molecule has 0 bridgehead atoms. The summed E-state index contributed by atoms with van der Waals surface area (Å²) >= 11 is 11.4. The van der Waals surface area contributed by atoms with Gasteiger partial charge in [0.1, 0.15) is 5.82 Å². The number of halogens is 3. The van der Waals surface area contributed by atoms with E-state index in [4.69, 9.17) is 23.2 Å². The lowest BCUT2D eigenvalue weighted by Crippen LogP contribution is -2.02. The maximum Gasteiger partial charge on any atom is 0.194 e. The molecule has 0 aliphatic rings. The van der Waals surface area contributed by atoms with Crippen molar-refractivity contribution in [3.8, 4) is 0 Å². The van der Waals surface area contributed by atoms with E-state index in [1.807, 2.05) is 0 Å². The highest BCUT2D eigenvalue weighted by molar-refractivity contribution is 6.37. The van der Waals surface area contributed by atoms with Crippen molar-refractivity contribution < 1.29 is 9.18 Å². The molecule has 0 saturated carbocycles. The number of benzene rings is 2. The second-order valence-electron chi connectivity index (χ2n) is 3.44. The van der Waals surface area contributed by atoms with Crippen molar-refractivity contribution in [1.82, 2.24) is 0 Å². The van der Waals surface area contributed by atoms with Crippen LogP contribution in [0.4, 0.5) is 4.39 Å². The second-order valence-corrected chi connectivity index (χ2v) is 4.26. The Bertz CT molecular complexity index is 567. The Kier molecular flexibility index (Phi) is 3.46. The van der Waals surface area contributed by atoms with Crippen LogP contribution in [0.1, 0.15) is 15.9 Å². The fraction of sp³-hybridized carbons (Fsp3) is 0. The van der Waals surface area contributed by atoms with Crippen LogP contribution in [0.2, 0.25) is 10.0 Å². The summed E-state index contributed by atoms with van der Waals surface area (Å²) in [6, 6.07) is 10.8. The summed E-state index contributed by atoms with van der Waals surface area (Å²) in [6.07, 6.45) is 0. The summed E-state index contributed by atoms with van der Waals surface area (Å²) in [4.78, 5) is 12.0. The molecule has 0 aliphatic carbocycles. The zero-order valence-electron chi connectivity index (χ0n) is 8.58. The van der Waals surface area contributed by atoms with Crippen LogP contribution in [-0.2, 0) is 0 Å². The first kappa shape index (κ1) is 12.1. The van der Waals surface area contributed by atoms with Crippen LogP contribution < -0.4 is 0 Å². The van der Waals surface area contributed by atoms with Gasteiger partial charge in [-0.2, -0.15) is 0 Å². The molecule has 0 spiro atoms. The van der Waals surface area contributed by atoms with Gasteiger partial charge in [-0.05, 0) is 12.1 Å². The van der Waals surface area contributed by atoms with E-state index in [0.717, 1.165) is 6.07 Å². The molecule has 4 heteroatoms. The van der Waals surface area contributed by atoms with Gasteiger partial charge in [0.2, 0.25) is 0 Å². The van der Waals surface area contributed by atoms with Gasteiger partial charge in [0, 0.05) is 11.1 Å². The van der Waals surface area contributed by atoms with Gasteiger partial charge in [-0.15, -0.1) is 0 Å². The van der Waals surface area contributed by atoms with Crippen molar-refractivity contribution >= 4 is 29.0 Å². The molecule has 0 radical (unpaired) electrons. The van der Waals surface area contributed by atoms with E-state index >= 15 is 0 Å². The maximum atomic E-state index is 13.3. The molecule has 0 amide bonds. The minimum Gasteiger partial charge on any atom is -0.289 e. The van der Waals surface area contributed by atoms with E-state index in [-0.39, 0.29) is 21.4 Å². The number of ketones is 1. The molecule has 0 aromatic heterocycles. The van der Waals surface area contributed by atoms with Gasteiger partial charge >= 0.3 is 0 Å². The Labute approximate surface area is 108 Å². The van der Waals surface area contributed by atoms with Crippen molar-refractivity contribution in [2.75, 3.05) is 0 Å². The van der Waals surface area contributed by atoms with Crippen LogP contribution in [0.5, 0.6) is 0 Å². The van der Waals surface area contributed by atoms with Gasteiger partial charge in [-0.1, -0.05) is 53.5 Å². The molecular weight excluding hydrogens is 262 g/mol. The zero-order chi connectivity index (χ0) is 12.4. The molecule has 0 unspecified atom stereocenters. The average Bonchev–Trinajstić information content (AvgIpc) is 2.34. The Morgan fingerprint density at radius 2 is 1.65 bits per heavy atom. The molecule has 0 atom stereocenters. The van der Waals surface area contributed by atoms with Gasteiger partial charge in [0.05, 0.1) is 10.0 Å². The predicted octanol–water partition coefficient (Wildman–Crippen LogP) is 4.36. The van der Waals surface area contributed by atoms with E-state index in [1.165, 1.54) is 6.07 Å². The summed E-state index contributed by atoms with van der Waals surface area (Å²) in [7, 11) is 0. The summed E-state index contributed by atoms with van der Waals surface area (Å²) in [5.41, 5.74) is 0.566. The third-order valence-electron chi connectivity index (χ3n) is 2.29. The van der Waals surface area contributed by atoms with Crippen LogP contribution in [0.15, 0.2) is 42.5 Å². The van der Waals surface area contributed by atoms with Crippen molar-refractivity contribution in [1.29, 1.82) is 0 Å². The lowest BCUT2D eigenvalue weighted by Gasteiger charge is -2.05. The molecule has 2 aromatic carbocycles. The molecule has 0 saturated heterocycles. The van der Waals surface area contributed by atoms with Crippen LogP contribution in [-0.4, -0.2) is 5.78 Å². The zero-order valence-corrected chi connectivity index (χ0v) is 10.1. The quantitative estimate of drug-likeness (QED) is 0.584. The molecular formula is C13H7Cl2FO. The normalized spacial score (nSPS) is 10.3. The van der Waals surface area contributed by atoms with E-state index < -0.39 is 5.82 Å². The Morgan fingerprint density at radius 3 is 2.29 bits per heavy atom. The number of rotatable bonds is 2. The van der Waals surface area contributed by atoms with Gasteiger partial charge in [-0.3, -0.25) is 4.79 Å². The largest absolute Gasteiger partial charge is 0.289 e. The second kappa shape index (κ2) is 4.86. The lowest BCUT2D eigenvalue weighted by atomic mass is 10.0. The number of carbonyl (C=O) groups excluding carboxylic acids is 1. The maximum absolute atomic E-state index is 13.3. The SMILES string of the molecule is O=C(c1ccccc1)c1cc(F)c(Cl)cc1Cl. The van der Waals surface area contributed by atoms with Crippen LogP contribution in [0.25, 0.3) is 0 Å². The molecule has 1 nitrogen and oxygen atoms in total. The minimum absolute atomic E-state index is 0.0976. The van der Waals surface area contributed by atoms with Crippen molar-refractivity contribution in [2.45, 2.75) is 0 Å². The highest BCUT2D eigenvalue weighted by atomic mass is 35.5. The molecule has 0 fully saturated rings. The summed E-state index contributed by atoms with van der Waals surface area (Å²) < 4.78 is 13.3. The number of hydrogen-bond acceptors (Lipinski definition) is 1. The highest BCUT2D eigenvalue weighted by Crippen LogP contribution is 2.26. The van der Waals surface area contributed by atoms with E-state index in [1.54, 1.807) is 30.3 Å². The first-order valence-corrected chi connectivity index (χ1v) is 5.59. The molecule has 0 N–H and O–H groups in total. The lowest BCUT2D eigenvalue weighted by molar-refractivity contribution is 0.103. The topological polar surface area (TPSA) is 17.1 Å². The van der Waals surface area contributed by atoms with Crippen LogP contribution in [0.3, 0.4) is 0 Å². The predicted molar refractivity (Wildman–Crippen MR) is 66.3 cm³/mol. The van der Waals surface area contributed by atoms with Gasteiger partial charge in [0.25, 0.3) is 0 Å². The van der Waals surface area contributed by atoms with E-state index in [0.29, 0.717) is 5.56 Å². The summed E-state index contributed by atoms with van der Waals surface area (Å²) in [5.74, 6) is -0.985. The first-order valence-electron chi connectivity index (χ1n) is 4.84. The van der Waals surface area contributed by atoms with Crippen molar-refractivity contribution in [2.24, 2.45) is 0 Å². The van der Waals surface area contributed by atoms with Crippen LogP contribution >= 0.6 is 23.2 Å². The average molecular weight is 269 g/mol. The minimum atomic E-state index is -0.657. The molecule has 0 aliphatic heterocycles. The smallest absolute Gasteiger partial charge is 0.194 e. The fourth-order valence-electron chi connectivity index (χ4n) is 1.44. The molecule has 2 aromatic rings. The number of hydrogen-bond donors (Lipinski definition) is 0. The third-order valence-corrected chi connectivity index (χ3v) is 2.89. The van der Waals surface area contributed by atoms with E-state index in [2.05, 4.69) is 0 Å². The Hall–Kier alpha value is -1.38. The number of carbonyl (C=O) groups is 1. The van der Waals surface area contributed by atoms with Crippen molar-refractivity contribution in [3.05, 3.63) is 69.5 Å². The Morgan fingerprint density at radius 1 is 1.00 bits per heavy atom. The first-order chi connectivity index (χ1) is 8.09. The summed E-state index contributed by atoms with van der Waals surface area (Å²) in [6.45, 7) is 0. The third kappa shape index (κ3) is 2.48. The van der Waals surface area contributed by atoms with E-state index in [9.17, 15) is 9.18 Å². The van der Waals surface area contributed by atoms with Crippen LogP contribution in [0, 0.1) is 5.82 Å². The van der Waals surface area contributed by atoms with Gasteiger partial charge < -0.3 is 0 Å². The van der Waals surface area contributed by atoms with Gasteiger partial charge in [-0.25, -0.2) is 4.39 Å². The molecule has 2 rings (SSSR count). The fourth-order valence-corrected chi connectivity index (χ4v) is 1.91. The Balaban J connectivity index is 2.48. The molecule has 17 heavy (non-hydrogen) atoms. The van der Waals surface area contributed by atoms with Gasteiger partial charge in [0.15, 0.2) is 5.78 Å². The summed E-state index contributed by atoms with van der Waals surface area (Å²) in [5, 5.41) is 0.0462. The monoisotopic (exact) mass is 268 g/mol. The van der Waals surface area contributed by atoms with Crippen molar-refractivity contribution in [3.63, 3.8) is 0 Å². The molecule has 86 valence electrons.